The van der Waals surface area contributed by atoms with Crippen molar-refractivity contribution in [2.75, 3.05) is 19.5 Å². The van der Waals surface area contributed by atoms with Gasteiger partial charge in [-0.1, -0.05) is 43.3 Å². The van der Waals surface area contributed by atoms with E-state index in [2.05, 4.69) is 52.7 Å². The Labute approximate surface area is 158 Å². The third-order valence-corrected chi connectivity index (χ3v) is 4.83. The predicted molar refractivity (Wildman–Crippen MR) is 105 cm³/mol. The van der Waals surface area contributed by atoms with Crippen LogP contribution < -0.4 is 14.8 Å². The molecule has 1 aromatic heterocycles. The zero-order chi connectivity index (χ0) is 18.8. The summed E-state index contributed by atoms with van der Waals surface area (Å²) in [5.74, 6) is 2.09. The summed E-state index contributed by atoms with van der Waals surface area (Å²) in [6, 6.07) is 14.3. The highest BCUT2D eigenvalue weighted by Gasteiger charge is 2.27. The van der Waals surface area contributed by atoms with Crippen LogP contribution in [0.15, 0.2) is 54.9 Å². The summed E-state index contributed by atoms with van der Waals surface area (Å²) in [6.07, 6.45) is 4.71. The summed E-state index contributed by atoms with van der Waals surface area (Å²) < 4.78 is 13.0. The van der Waals surface area contributed by atoms with Gasteiger partial charge in [0.25, 0.3) is 0 Å². The van der Waals surface area contributed by atoms with Crippen LogP contribution in [0.5, 0.6) is 11.5 Å². The van der Waals surface area contributed by atoms with Crippen LogP contribution in [0.1, 0.15) is 29.7 Å². The first-order valence-electron chi connectivity index (χ1n) is 8.93. The van der Waals surface area contributed by atoms with Gasteiger partial charge in [0, 0.05) is 11.3 Å². The minimum Gasteiger partial charge on any atom is -0.493 e. The number of ether oxygens (including phenoxy) is 2. The van der Waals surface area contributed by atoms with Crippen molar-refractivity contribution in [3.05, 3.63) is 71.6 Å². The second kappa shape index (κ2) is 7.15. The number of aryl methyl sites for hydroxylation is 1. The number of rotatable bonds is 5. The molecule has 6 heteroatoms. The third-order valence-electron chi connectivity index (χ3n) is 4.83. The molecule has 138 valence electrons. The number of fused-ring (bicyclic) bond motifs is 1. The Kier molecular flexibility index (Phi) is 4.54. The highest BCUT2D eigenvalue weighted by atomic mass is 16.5. The molecule has 1 N–H and O–H groups in total. The Morgan fingerprint density at radius 3 is 2.59 bits per heavy atom. The maximum absolute atomic E-state index is 5.65. The summed E-state index contributed by atoms with van der Waals surface area (Å²) in [5, 5.41) is 7.78. The van der Waals surface area contributed by atoms with Gasteiger partial charge < -0.3 is 14.8 Å². The number of methoxy groups -OCH3 is 2. The highest BCUT2D eigenvalue weighted by molar-refractivity contribution is 5.77. The van der Waals surface area contributed by atoms with Crippen molar-refractivity contribution in [1.29, 1.82) is 0 Å². The van der Waals surface area contributed by atoms with E-state index in [1.54, 1.807) is 20.5 Å². The lowest BCUT2D eigenvalue weighted by Crippen LogP contribution is -2.20. The smallest absolute Gasteiger partial charge is 0.226 e. The van der Waals surface area contributed by atoms with Gasteiger partial charge in [-0.2, -0.15) is 10.1 Å². The molecule has 27 heavy (non-hydrogen) atoms. The number of nitrogens with zero attached hydrogens (tertiary/aromatic N) is 3. The number of allylic oxidation sites excluding steroid dienone is 1. The Morgan fingerprint density at radius 1 is 1.07 bits per heavy atom. The lowest BCUT2D eigenvalue weighted by atomic mass is 9.99. The summed E-state index contributed by atoms with van der Waals surface area (Å²) >= 11 is 0. The molecule has 4 rings (SSSR count). The van der Waals surface area contributed by atoms with E-state index >= 15 is 0 Å². The first-order chi connectivity index (χ1) is 13.2. The van der Waals surface area contributed by atoms with Crippen LogP contribution in [0.4, 0.5) is 5.95 Å². The van der Waals surface area contributed by atoms with E-state index in [0.717, 1.165) is 23.2 Å². The molecule has 0 spiro atoms. The zero-order valence-corrected chi connectivity index (χ0v) is 15.6. The van der Waals surface area contributed by atoms with Crippen molar-refractivity contribution in [1.82, 2.24) is 14.8 Å². The van der Waals surface area contributed by atoms with Gasteiger partial charge in [0.1, 0.15) is 12.4 Å². The molecular formula is C21H22N4O2. The normalized spacial score (nSPS) is 15.5. The van der Waals surface area contributed by atoms with Crippen molar-refractivity contribution < 1.29 is 9.47 Å². The molecule has 1 aliphatic heterocycles. The molecule has 0 bridgehead atoms. The lowest BCUT2D eigenvalue weighted by molar-refractivity contribution is 0.349. The predicted octanol–water partition coefficient (Wildman–Crippen LogP) is 3.91. The standard InChI is InChI=1S/C21H22N4O2/c1-4-14-8-10-15(11-9-14)17-12-18(25-21(24-17)22-13-23-25)16-6-5-7-19(26-2)20(16)27-3/h5-13,18H,4H2,1-3H3,(H,22,23,24)/t18-/m0/s1. The van der Waals surface area contributed by atoms with Gasteiger partial charge in [0.15, 0.2) is 11.5 Å². The van der Waals surface area contributed by atoms with Crippen LogP contribution in [0.2, 0.25) is 0 Å². The summed E-state index contributed by atoms with van der Waals surface area (Å²) in [5.41, 5.74) is 4.37. The van der Waals surface area contributed by atoms with Gasteiger partial charge in [-0.25, -0.2) is 4.68 Å². The summed E-state index contributed by atoms with van der Waals surface area (Å²) in [4.78, 5) is 4.37. The van der Waals surface area contributed by atoms with Crippen LogP contribution in [0, 0.1) is 0 Å². The quantitative estimate of drug-likeness (QED) is 0.745. The highest BCUT2D eigenvalue weighted by Crippen LogP contribution is 2.40. The Morgan fingerprint density at radius 2 is 1.89 bits per heavy atom. The van der Waals surface area contributed by atoms with Gasteiger partial charge in [0.2, 0.25) is 5.95 Å². The SMILES string of the molecule is CCc1ccc(C2=C[C@@H](c3cccc(OC)c3OC)n3ncnc3N2)cc1. The average Bonchev–Trinajstić information content (AvgIpc) is 3.21. The molecule has 0 amide bonds. The number of para-hydroxylation sites is 1. The van der Waals surface area contributed by atoms with Crippen molar-refractivity contribution in [2.45, 2.75) is 19.4 Å². The number of benzene rings is 2. The Balaban J connectivity index is 1.82. The van der Waals surface area contributed by atoms with E-state index in [0.29, 0.717) is 17.4 Å². The van der Waals surface area contributed by atoms with Gasteiger partial charge in [-0.15, -0.1) is 0 Å². The fourth-order valence-electron chi connectivity index (χ4n) is 3.39. The Bertz CT molecular complexity index is 976. The number of hydrogen-bond donors (Lipinski definition) is 1. The molecule has 2 aromatic carbocycles. The number of anilines is 1. The van der Waals surface area contributed by atoms with Crippen molar-refractivity contribution in [3.8, 4) is 11.5 Å². The van der Waals surface area contributed by atoms with Crippen LogP contribution >= 0.6 is 0 Å². The van der Waals surface area contributed by atoms with Crippen LogP contribution in [0.25, 0.3) is 5.70 Å². The third kappa shape index (κ3) is 3.03. The van der Waals surface area contributed by atoms with E-state index in [9.17, 15) is 0 Å². The topological polar surface area (TPSA) is 61.2 Å². The first-order valence-corrected chi connectivity index (χ1v) is 8.93. The minimum absolute atomic E-state index is 0.158. The maximum Gasteiger partial charge on any atom is 0.226 e. The number of nitrogens with one attached hydrogen (secondary N) is 1. The molecule has 0 saturated heterocycles. The van der Waals surface area contributed by atoms with Crippen molar-refractivity contribution >= 4 is 11.6 Å². The molecule has 0 aliphatic carbocycles. The van der Waals surface area contributed by atoms with Gasteiger partial charge >= 0.3 is 0 Å². The van der Waals surface area contributed by atoms with E-state index in [4.69, 9.17) is 9.47 Å². The van der Waals surface area contributed by atoms with Crippen LogP contribution in [-0.2, 0) is 6.42 Å². The fourth-order valence-corrected chi connectivity index (χ4v) is 3.39. The lowest BCUT2D eigenvalue weighted by Gasteiger charge is -2.26. The monoisotopic (exact) mass is 362 g/mol. The van der Waals surface area contributed by atoms with Gasteiger partial charge in [0.05, 0.1) is 14.2 Å². The minimum atomic E-state index is -0.158. The van der Waals surface area contributed by atoms with Crippen LogP contribution in [-0.4, -0.2) is 29.0 Å². The van der Waals surface area contributed by atoms with E-state index in [-0.39, 0.29) is 6.04 Å². The molecule has 1 aliphatic rings. The van der Waals surface area contributed by atoms with Crippen molar-refractivity contribution in [3.63, 3.8) is 0 Å². The molecule has 2 heterocycles. The van der Waals surface area contributed by atoms with Gasteiger partial charge in [-0.05, 0) is 29.7 Å². The molecular weight excluding hydrogens is 340 g/mol. The number of hydrogen-bond acceptors (Lipinski definition) is 5. The first kappa shape index (κ1) is 17.1. The molecule has 1 atom stereocenters. The molecule has 3 aromatic rings. The number of aromatic nitrogens is 3. The molecule has 6 nitrogen and oxygen atoms in total. The average molecular weight is 362 g/mol. The summed E-state index contributed by atoms with van der Waals surface area (Å²) in [7, 11) is 3.29. The van der Waals surface area contributed by atoms with Gasteiger partial charge in [-0.3, -0.25) is 0 Å². The molecule has 0 fully saturated rings. The molecule has 0 radical (unpaired) electrons. The second-order valence-corrected chi connectivity index (χ2v) is 6.31. The Hall–Kier alpha value is -3.28. The maximum atomic E-state index is 5.65. The molecule has 0 saturated carbocycles. The summed E-state index contributed by atoms with van der Waals surface area (Å²) in [6.45, 7) is 2.15. The zero-order valence-electron chi connectivity index (χ0n) is 15.6. The van der Waals surface area contributed by atoms with Crippen LogP contribution in [0.3, 0.4) is 0 Å². The van der Waals surface area contributed by atoms with E-state index in [1.165, 1.54) is 5.56 Å². The second-order valence-electron chi connectivity index (χ2n) is 6.31. The largest absolute Gasteiger partial charge is 0.493 e. The van der Waals surface area contributed by atoms with E-state index < -0.39 is 0 Å². The fraction of sp³-hybridized carbons (Fsp3) is 0.238. The molecule has 0 unspecified atom stereocenters. The van der Waals surface area contributed by atoms with Crippen molar-refractivity contribution in [2.24, 2.45) is 0 Å². The van der Waals surface area contributed by atoms with E-state index in [1.807, 2.05) is 22.9 Å².